The van der Waals surface area contributed by atoms with Gasteiger partial charge < -0.3 is 20.4 Å². The number of nitriles is 1. The molecule has 1 aliphatic rings. The number of anilines is 2. The number of carboxylic acid groups (broad SMARTS) is 1. The number of nitrogens with one attached hydrogen (secondary N) is 1. The fourth-order valence-electron chi connectivity index (χ4n) is 4.34. The summed E-state index contributed by atoms with van der Waals surface area (Å²) in [6, 6.07) is 8.13. The number of hydrogen-bond donors (Lipinski definition) is 3. The third-order valence-electron chi connectivity index (χ3n) is 6.21. The number of aliphatic hydroxyl groups excluding tert-OH is 1. The molecule has 3 N–H and O–H groups in total. The monoisotopic (exact) mass is 516 g/mol. The Morgan fingerprint density at radius 1 is 1.36 bits per heavy atom. The normalized spacial score (nSPS) is 18.0. The molecule has 3 aromatic rings. The van der Waals surface area contributed by atoms with Crippen LogP contribution in [0, 0.1) is 24.2 Å². The third kappa shape index (κ3) is 4.87. The average molecular weight is 517 g/mol. The molecule has 1 fully saturated rings. The highest BCUT2D eigenvalue weighted by atomic mass is 35.5. The summed E-state index contributed by atoms with van der Waals surface area (Å²) in [5, 5.41) is 31.9. The van der Waals surface area contributed by atoms with E-state index < -0.39 is 36.9 Å². The Morgan fingerprint density at radius 2 is 2.11 bits per heavy atom. The maximum absolute atomic E-state index is 14.2. The predicted molar refractivity (Wildman–Crippen MR) is 130 cm³/mol. The quantitative estimate of drug-likeness (QED) is 0.412. The van der Waals surface area contributed by atoms with Crippen LogP contribution in [0.4, 0.5) is 20.3 Å². The zero-order valence-electron chi connectivity index (χ0n) is 19.5. The van der Waals surface area contributed by atoms with E-state index in [1.54, 1.807) is 17.9 Å². The second kappa shape index (κ2) is 9.79. The molecule has 0 spiro atoms. The lowest BCUT2D eigenvalue weighted by Gasteiger charge is -2.38. The molecular formula is C24H23ClF2N6O3. The Bertz CT molecular complexity index is 1380. The van der Waals surface area contributed by atoms with Gasteiger partial charge in [-0.1, -0.05) is 17.7 Å². The topological polar surface area (TPSA) is 135 Å². The van der Waals surface area contributed by atoms with Crippen LogP contribution in [0.3, 0.4) is 0 Å². The van der Waals surface area contributed by atoms with Gasteiger partial charge in [-0.25, -0.2) is 28.5 Å². The minimum Gasteiger partial charge on any atom is -0.476 e. The van der Waals surface area contributed by atoms with E-state index in [0.717, 1.165) is 5.56 Å². The van der Waals surface area contributed by atoms with Gasteiger partial charge in [0.2, 0.25) is 0 Å². The number of piperidine rings is 1. The number of aromatic carboxylic acids is 1. The number of carboxylic acids is 1. The highest BCUT2D eigenvalue weighted by Crippen LogP contribution is 2.36. The fourth-order valence-corrected chi connectivity index (χ4v) is 4.49. The Labute approximate surface area is 210 Å². The lowest BCUT2D eigenvalue weighted by atomic mass is 9.94. The second-order valence-corrected chi connectivity index (χ2v) is 9.15. The SMILES string of the molecule is Cc1cc([C@@H](C)Nc2ccc(Cl)nc2C(=O)O)c2nc(N3CCC(F)(F)[C@@H](CO)C3)c(C#N)nc2c1. The van der Waals surface area contributed by atoms with Gasteiger partial charge in [-0.15, -0.1) is 0 Å². The van der Waals surface area contributed by atoms with Crippen molar-refractivity contribution < 1.29 is 23.8 Å². The van der Waals surface area contributed by atoms with Gasteiger partial charge in [-0.3, -0.25) is 0 Å². The minimum atomic E-state index is -3.02. The summed E-state index contributed by atoms with van der Waals surface area (Å²) < 4.78 is 28.4. The summed E-state index contributed by atoms with van der Waals surface area (Å²) in [6.45, 7) is 2.73. The number of halogens is 3. The van der Waals surface area contributed by atoms with Gasteiger partial charge in [-0.2, -0.15) is 5.26 Å². The number of aromatic nitrogens is 3. The molecule has 0 radical (unpaired) electrons. The number of aryl methyl sites for hydroxylation is 1. The molecule has 188 valence electrons. The van der Waals surface area contributed by atoms with Gasteiger partial charge in [-0.05, 0) is 37.6 Å². The summed E-state index contributed by atoms with van der Waals surface area (Å²) in [5.41, 5.74) is 2.38. The number of benzene rings is 1. The smallest absolute Gasteiger partial charge is 0.356 e. The van der Waals surface area contributed by atoms with E-state index in [9.17, 15) is 29.1 Å². The van der Waals surface area contributed by atoms with Crippen LogP contribution in [-0.2, 0) is 0 Å². The van der Waals surface area contributed by atoms with E-state index in [-0.39, 0.29) is 41.1 Å². The van der Waals surface area contributed by atoms with E-state index >= 15 is 0 Å². The van der Waals surface area contributed by atoms with Crippen LogP contribution in [0.15, 0.2) is 24.3 Å². The van der Waals surface area contributed by atoms with Crippen LogP contribution in [0.2, 0.25) is 5.15 Å². The van der Waals surface area contributed by atoms with Crippen molar-refractivity contribution in [2.24, 2.45) is 5.92 Å². The molecule has 4 rings (SSSR count). The first-order valence-corrected chi connectivity index (χ1v) is 11.5. The molecule has 0 saturated carbocycles. The van der Waals surface area contributed by atoms with Crippen molar-refractivity contribution in [3.8, 4) is 6.07 Å². The van der Waals surface area contributed by atoms with Crippen LogP contribution in [0.25, 0.3) is 11.0 Å². The molecule has 1 aromatic carbocycles. The summed E-state index contributed by atoms with van der Waals surface area (Å²) >= 11 is 5.86. The number of carbonyl (C=O) groups is 1. The van der Waals surface area contributed by atoms with Crippen molar-refractivity contribution in [2.75, 3.05) is 29.9 Å². The minimum absolute atomic E-state index is 0.00312. The van der Waals surface area contributed by atoms with Crippen molar-refractivity contribution in [2.45, 2.75) is 32.2 Å². The van der Waals surface area contributed by atoms with E-state index in [2.05, 4.69) is 20.3 Å². The number of aliphatic hydroxyl groups is 1. The molecule has 0 aliphatic carbocycles. The maximum atomic E-state index is 14.2. The van der Waals surface area contributed by atoms with Gasteiger partial charge in [0.1, 0.15) is 11.2 Å². The predicted octanol–water partition coefficient (Wildman–Crippen LogP) is 4.18. The second-order valence-electron chi connectivity index (χ2n) is 8.77. The maximum Gasteiger partial charge on any atom is 0.356 e. The van der Waals surface area contributed by atoms with Crippen molar-refractivity contribution >= 4 is 40.1 Å². The van der Waals surface area contributed by atoms with Gasteiger partial charge in [0.25, 0.3) is 5.92 Å². The largest absolute Gasteiger partial charge is 0.476 e. The van der Waals surface area contributed by atoms with Crippen LogP contribution in [-0.4, -0.2) is 56.8 Å². The van der Waals surface area contributed by atoms with Crippen molar-refractivity contribution in [3.05, 3.63) is 51.9 Å². The van der Waals surface area contributed by atoms with E-state index in [4.69, 9.17) is 11.6 Å². The Kier molecular flexibility index (Phi) is 6.93. The summed E-state index contributed by atoms with van der Waals surface area (Å²) in [4.78, 5) is 26.2. The lowest BCUT2D eigenvalue weighted by molar-refractivity contribution is -0.0880. The Hall–Kier alpha value is -3.62. The molecule has 36 heavy (non-hydrogen) atoms. The van der Waals surface area contributed by atoms with Crippen LogP contribution >= 0.6 is 11.6 Å². The first kappa shape index (κ1) is 25.5. The third-order valence-corrected chi connectivity index (χ3v) is 6.42. The van der Waals surface area contributed by atoms with E-state index in [1.807, 2.05) is 19.1 Å². The average Bonchev–Trinajstić information content (AvgIpc) is 2.83. The van der Waals surface area contributed by atoms with E-state index in [0.29, 0.717) is 16.6 Å². The number of alkyl halides is 2. The van der Waals surface area contributed by atoms with Crippen molar-refractivity contribution in [1.82, 2.24) is 15.0 Å². The first-order chi connectivity index (χ1) is 17.0. The van der Waals surface area contributed by atoms with Gasteiger partial charge in [0.15, 0.2) is 17.2 Å². The molecular weight excluding hydrogens is 494 g/mol. The number of nitrogens with zero attached hydrogens (tertiary/aromatic N) is 5. The number of hydrogen-bond acceptors (Lipinski definition) is 8. The first-order valence-electron chi connectivity index (χ1n) is 11.2. The van der Waals surface area contributed by atoms with Crippen molar-refractivity contribution in [1.29, 1.82) is 5.26 Å². The standard InChI is InChI=1S/C24H23ClF2N6O3/c1-12-7-15(13(2)29-16-3-4-19(25)31-21(16)23(35)36)20-17(8-12)30-18(9-28)22(32-20)33-6-5-24(26,27)14(10-33)11-34/h3-4,7-8,13-14,29,34H,5-6,10-11H2,1-2H3,(H,35,36)/t13-,14-/m1/s1. The van der Waals surface area contributed by atoms with Gasteiger partial charge >= 0.3 is 5.97 Å². The zero-order valence-corrected chi connectivity index (χ0v) is 20.2. The highest BCUT2D eigenvalue weighted by molar-refractivity contribution is 6.29. The summed E-state index contributed by atoms with van der Waals surface area (Å²) in [6.07, 6.45) is -0.483. The Balaban J connectivity index is 1.78. The molecule has 0 amide bonds. The van der Waals surface area contributed by atoms with Crippen LogP contribution in [0.5, 0.6) is 0 Å². The fraction of sp³-hybridized carbons (Fsp3) is 0.375. The number of fused-ring (bicyclic) bond motifs is 1. The molecule has 3 heterocycles. The summed E-state index contributed by atoms with van der Waals surface area (Å²) in [5.74, 6) is -5.39. The molecule has 1 aliphatic heterocycles. The number of rotatable bonds is 6. The zero-order chi connectivity index (χ0) is 26.2. The molecule has 0 unspecified atom stereocenters. The van der Waals surface area contributed by atoms with E-state index in [1.165, 1.54) is 12.1 Å². The molecule has 9 nitrogen and oxygen atoms in total. The van der Waals surface area contributed by atoms with Crippen molar-refractivity contribution in [3.63, 3.8) is 0 Å². The van der Waals surface area contributed by atoms with Crippen LogP contribution in [0.1, 0.15) is 46.7 Å². The summed E-state index contributed by atoms with van der Waals surface area (Å²) in [7, 11) is 0. The molecule has 2 aromatic heterocycles. The molecule has 1 saturated heterocycles. The Morgan fingerprint density at radius 3 is 2.78 bits per heavy atom. The molecule has 0 bridgehead atoms. The highest BCUT2D eigenvalue weighted by Gasteiger charge is 2.44. The van der Waals surface area contributed by atoms with Gasteiger partial charge in [0.05, 0.1) is 35.3 Å². The van der Waals surface area contributed by atoms with Gasteiger partial charge in [0, 0.05) is 25.1 Å². The number of pyridine rings is 1. The lowest BCUT2D eigenvalue weighted by Crippen LogP contribution is -2.49. The van der Waals surface area contributed by atoms with Crippen LogP contribution < -0.4 is 10.2 Å². The molecule has 2 atom stereocenters. The molecule has 12 heteroatoms.